The van der Waals surface area contributed by atoms with E-state index in [0.717, 1.165) is 39.1 Å². The fraction of sp³-hybridized carbons (Fsp3) is 0.440. The normalized spacial score (nSPS) is 19.2. The molecule has 2 aromatic carbocycles. The van der Waals surface area contributed by atoms with Crippen molar-refractivity contribution in [3.8, 4) is 0 Å². The standard InChI is InChI=1S/C25H31N3O3/c29-24(20-12-10-19(11-13-20)18-28-14-4-1-5-15-28)27-23-9-3-2-8-22(23)25(30)26-17-21-7-6-16-31-21/h2-3,8-13,21H,1,4-7,14-18H2,(H,26,30)(H,27,29)/t21-/m1/s1. The molecule has 0 aliphatic carbocycles. The van der Waals surface area contributed by atoms with E-state index in [1.165, 1.54) is 24.8 Å². The Morgan fingerprint density at radius 2 is 1.71 bits per heavy atom. The second kappa shape index (κ2) is 10.6. The average Bonchev–Trinajstić information content (AvgIpc) is 3.33. The lowest BCUT2D eigenvalue weighted by atomic mass is 10.1. The molecule has 2 amide bonds. The van der Waals surface area contributed by atoms with E-state index in [2.05, 4.69) is 15.5 Å². The molecule has 6 nitrogen and oxygen atoms in total. The lowest BCUT2D eigenvalue weighted by molar-refractivity contribution is 0.0858. The van der Waals surface area contributed by atoms with Gasteiger partial charge in [0, 0.05) is 25.3 Å². The maximum atomic E-state index is 12.8. The highest BCUT2D eigenvalue weighted by Gasteiger charge is 2.19. The molecule has 0 spiro atoms. The highest BCUT2D eigenvalue weighted by molar-refractivity contribution is 6.09. The topological polar surface area (TPSA) is 70.7 Å². The maximum Gasteiger partial charge on any atom is 0.255 e. The van der Waals surface area contributed by atoms with Crippen molar-refractivity contribution < 1.29 is 14.3 Å². The number of hydrogen-bond donors (Lipinski definition) is 2. The Balaban J connectivity index is 1.36. The van der Waals surface area contributed by atoms with E-state index in [-0.39, 0.29) is 17.9 Å². The van der Waals surface area contributed by atoms with Crippen molar-refractivity contribution >= 4 is 17.5 Å². The van der Waals surface area contributed by atoms with Gasteiger partial charge in [0.05, 0.1) is 17.4 Å². The summed E-state index contributed by atoms with van der Waals surface area (Å²) in [7, 11) is 0. The molecule has 2 N–H and O–H groups in total. The zero-order valence-electron chi connectivity index (χ0n) is 17.9. The Kier molecular flexibility index (Phi) is 7.33. The third kappa shape index (κ3) is 5.93. The molecular weight excluding hydrogens is 390 g/mol. The Bertz CT molecular complexity index is 885. The molecule has 31 heavy (non-hydrogen) atoms. The summed E-state index contributed by atoms with van der Waals surface area (Å²) in [6.07, 6.45) is 5.93. The predicted octanol–water partition coefficient (Wildman–Crippen LogP) is 3.83. The minimum absolute atomic E-state index is 0.0779. The molecule has 1 atom stereocenters. The average molecular weight is 422 g/mol. The smallest absolute Gasteiger partial charge is 0.255 e. The monoisotopic (exact) mass is 421 g/mol. The van der Waals surface area contributed by atoms with Gasteiger partial charge in [-0.1, -0.05) is 30.7 Å². The van der Waals surface area contributed by atoms with Crippen LogP contribution in [0.1, 0.15) is 58.4 Å². The number of carbonyl (C=O) groups excluding carboxylic acids is 2. The van der Waals surface area contributed by atoms with Crippen LogP contribution in [0.4, 0.5) is 5.69 Å². The Morgan fingerprint density at radius 1 is 0.935 bits per heavy atom. The van der Waals surface area contributed by atoms with Gasteiger partial charge in [-0.3, -0.25) is 14.5 Å². The molecule has 2 aromatic rings. The number of rotatable bonds is 7. The van der Waals surface area contributed by atoms with Crippen LogP contribution in [0.5, 0.6) is 0 Å². The van der Waals surface area contributed by atoms with Crippen molar-refractivity contribution in [2.24, 2.45) is 0 Å². The van der Waals surface area contributed by atoms with Crippen molar-refractivity contribution in [3.05, 3.63) is 65.2 Å². The summed E-state index contributed by atoms with van der Waals surface area (Å²) in [6.45, 7) is 4.46. The van der Waals surface area contributed by atoms with Gasteiger partial charge in [-0.15, -0.1) is 0 Å². The second-order valence-electron chi connectivity index (χ2n) is 8.38. The summed E-state index contributed by atoms with van der Waals surface area (Å²) in [4.78, 5) is 27.9. The Labute approximate surface area is 184 Å². The van der Waals surface area contributed by atoms with E-state index in [9.17, 15) is 9.59 Å². The van der Waals surface area contributed by atoms with Crippen LogP contribution >= 0.6 is 0 Å². The van der Waals surface area contributed by atoms with Gasteiger partial charge in [0.2, 0.25) is 0 Å². The number of amides is 2. The molecular formula is C25H31N3O3. The van der Waals surface area contributed by atoms with Gasteiger partial charge in [-0.05, 0) is 68.6 Å². The van der Waals surface area contributed by atoms with Gasteiger partial charge in [0.25, 0.3) is 11.8 Å². The first-order valence-electron chi connectivity index (χ1n) is 11.3. The third-order valence-corrected chi connectivity index (χ3v) is 6.01. The minimum atomic E-state index is -0.219. The van der Waals surface area contributed by atoms with Crippen LogP contribution in [-0.2, 0) is 11.3 Å². The van der Waals surface area contributed by atoms with Crippen molar-refractivity contribution in [1.82, 2.24) is 10.2 Å². The number of ether oxygens (including phenoxy) is 1. The molecule has 0 bridgehead atoms. The van der Waals surface area contributed by atoms with Crippen LogP contribution in [0.25, 0.3) is 0 Å². The molecule has 0 saturated carbocycles. The largest absolute Gasteiger partial charge is 0.376 e. The zero-order chi connectivity index (χ0) is 21.5. The molecule has 2 heterocycles. The van der Waals surface area contributed by atoms with Crippen LogP contribution in [0.15, 0.2) is 48.5 Å². The van der Waals surface area contributed by atoms with E-state index < -0.39 is 0 Å². The summed E-state index contributed by atoms with van der Waals surface area (Å²) in [5.74, 6) is -0.424. The quantitative estimate of drug-likeness (QED) is 0.713. The van der Waals surface area contributed by atoms with Gasteiger partial charge in [0.1, 0.15) is 0 Å². The number of benzene rings is 2. The van der Waals surface area contributed by atoms with E-state index in [1.807, 2.05) is 30.3 Å². The van der Waals surface area contributed by atoms with E-state index in [4.69, 9.17) is 4.74 Å². The number of carbonyl (C=O) groups is 2. The number of piperidine rings is 1. The van der Waals surface area contributed by atoms with Crippen LogP contribution in [0, 0.1) is 0 Å². The van der Waals surface area contributed by atoms with Crippen molar-refractivity contribution in [3.63, 3.8) is 0 Å². The first kappa shape index (κ1) is 21.5. The summed E-state index contributed by atoms with van der Waals surface area (Å²) in [5, 5.41) is 5.82. The van der Waals surface area contributed by atoms with E-state index >= 15 is 0 Å². The van der Waals surface area contributed by atoms with Crippen LogP contribution in [-0.4, -0.2) is 49.1 Å². The van der Waals surface area contributed by atoms with Gasteiger partial charge >= 0.3 is 0 Å². The van der Waals surface area contributed by atoms with Gasteiger partial charge in [-0.25, -0.2) is 0 Å². The zero-order valence-corrected chi connectivity index (χ0v) is 17.9. The predicted molar refractivity (Wildman–Crippen MR) is 121 cm³/mol. The molecule has 0 radical (unpaired) electrons. The fourth-order valence-corrected chi connectivity index (χ4v) is 4.23. The number of nitrogens with zero attached hydrogens (tertiary/aromatic N) is 1. The number of para-hydroxylation sites is 1. The molecule has 164 valence electrons. The first-order chi connectivity index (χ1) is 15.2. The highest BCUT2D eigenvalue weighted by Crippen LogP contribution is 2.18. The first-order valence-corrected chi connectivity index (χ1v) is 11.3. The number of likely N-dealkylation sites (tertiary alicyclic amines) is 1. The third-order valence-electron chi connectivity index (χ3n) is 6.01. The summed E-state index contributed by atoms with van der Waals surface area (Å²) in [5.41, 5.74) is 2.76. The Hall–Kier alpha value is -2.70. The van der Waals surface area contributed by atoms with E-state index in [0.29, 0.717) is 23.4 Å². The lowest BCUT2D eigenvalue weighted by Crippen LogP contribution is -2.32. The number of anilines is 1. The molecule has 0 aromatic heterocycles. The summed E-state index contributed by atoms with van der Waals surface area (Å²) >= 11 is 0. The summed E-state index contributed by atoms with van der Waals surface area (Å²) in [6, 6.07) is 14.8. The van der Waals surface area contributed by atoms with Crippen LogP contribution in [0.2, 0.25) is 0 Å². The number of hydrogen-bond acceptors (Lipinski definition) is 4. The highest BCUT2D eigenvalue weighted by atomic mass is 16.5. The molecule has 0 unspecified atom stereocenters. The molecule has 2 aliphatic rings. The lowest BCUT2D eigenvalue weighted by Gasteiger charge is -2.26. The minimum Gasteiger partial charge on any atom is -0.376 e. The van der Waals surface area contributed by atoms with Crippen molar-refractivity contribution in [2.75, 3.05) is 31.6 Å². The molecule has 2 fully saturated rings. The van der Waals surface area contributed by atoms with Crippen molar-refractivity contribution in [1.29, 1.82) is 0 Å². The van der Waals surface area contributed by atoms with Crippen LogP contribution < -0.4 is 10.6 Å². The Morgan fingerprint density at radius 3 is 2.45 bits per heavy atom. The summed E-state index contributed by atoms with van der Waals surface area (Å²) < 4.78 is 5.56. The molecule has 2 saturated heterocycles. The SMILES string of the molecule is O=C(Nc1ccccc1C(=O)NC[C@H]1CCCO1)c1ccc(CN2CCCCC2)cc1. The second-order valence-corrected chi connectivity index (χ2v) is 8.38. The van der Waals surface area contributed by atoms with Gasteiger partial charge in [0.15, 0.2) is 0 Å². The molecule has 2 aliphatic heterocycles. The maximum absolute atomic E-state index is 12.8. The van der Waals surface area contributed by atoms with Gasteiger partial charge in [-0.2, -0.15) is 0 Å². The van der Waals surface area contributed by atoms with Crippen LogP contribution in [0.3, 0.4) is 0 Å². The van der Waals surface area contributed by atoms with E-state index in [1.54, 1.807) is 18.2 Å². The number of nitrogens with one attached hydrogen (secondary N) is 2. The van der Waals surface area contributed by atoms with Gasteiger partial charge < -0.3 is 15.4 Å². The van der Waals surface area contributed by atoms with Crippen molar-refractivity contribution in [2.45, 2.75) is 44.8 Å². The molecule has 4 rings (SSSR count). The fourth-order valence-electron chi connectivity index (χ4n) is 4.23. The molecule has 6 heteroatoms.